The number of carbonyl (C=O) groups excluding carboxylic acids is 1. The van der Waals surface area contributed by atoms with Gasteiger partial charge in [-0.05, 0) is 17.7 Å². The lowest BCUT2D eigenvalue weighted by Crippen LogP contribution is -2.25. The molecule has 2 aromatic rings. The molecule has 22 heavy (non-hydrogen) atoms. The second-order valence-electron chi connectivity index (χ2n) is 4.54. The maximum absolute atomic E-state index is 12.0. The molecule has 6 nitrogen and oxygen atoms in total. The van der Waals surface area contributed by atoms with E-state index in [2.05, 4.69) is 9.78 Å². The molecule has 0 unspecified atom stereocenters. The zero-order valence-corrected chi connectivity index (χ0v) is 11.5. The van der Waals surface area contributed by atoms with Crippen molar-refractivity contribution in [2.45, 2.75) is 6.61 Å². The van der Waals surface area contributed by atoms with Gasteiger partial charge in [-0.3, -0.25) is 4.89 Å². The minimum atomic E-state index is -0.806. The molecule has 1 heterocycles. The third-order valence-corrected chi connectivity index (χ3v) is 3.11. The van der Waals surface area contributed by atoms with Crippen molar-refractivity contribution in [2.24, 2.45) is 4.99 Å². The molecule has 0 N–H and O–H groups in total. The van der Waals surface area contributed by atoms with Crippen molar-refractivity contribution < 1.29 is 19.4 Å². The number of fused-ring (bicyclic) bond motifs is 1. The van der Waals surface area contributed by atoms with E-state index in [1.54, 1.807) is 24.3 Å². The van der Waals surface area contributed by atoms with Gasteiger partial charge < -0.3 is 5.53 Å². The number of rotatable bonds is 4. The van der Waals surface area contributed by atoms with Crippen molar-refractivity contribution in [3.63, 3.8) is 0 Å². The number of carbonyl (C=O) groups is 1. The Labute approximate surface area is 126 Å². The van der Waals surface area contributed by atoms with E-state index < -0.39 is 5.97 Å². The third-order valence-electron chi connectivity index (χ3n) is 3.11. The summed E-state index contributed by atoms with van der Waals surface area (Å²) in [6, 6.07) is 16.2. The maximum atomic E-state index is 12.0. The van der Waals surface area contributed by atoms with E-state index in [0.717, 1.165) is 5.56 Å². The van der Waals surface area contributed by atoms with Crippen LogP contribution in [0.2, 0.25) is 0 Å². The van der Waals surface area contributed by atoms with Gasteiger partial charge in [0.15, 0.2) is 0 Å². The zero-order valence-electron chi connectivity index (χ0n) is 11.5. The van der Waals surface area contributed by atoms with Crippen LogP contribution in [0.1, 0.15) is 11.1 Å². The van der Waals surface area contributed by atoms with Crippen LogP contribution in [0.4, 0.5) is 5.69 Å². The summed E-state index contributed by atoms with van der Waals surface area (Å²) in [4.78, 5) is 28.9. The van der Waals surface area contributed by atoms with E-state index in [-0.39, 0.29) is 18.0 Å². The summed E-state index contributed by atoms with van der Waals surface area (Å²) in [5.74, 6) is -0.806. The quantitative estimate of drug-likeness (QED) is 0.375. The van der Waals surface area contributed by atoms with Crippen LogP contribution >= 0.6 is 0 Å². The largest absolute Gasteiger partial charge is 0.399 e. The fourth-order valence-electron chi connectivity index (χ4n) is 2.08. The van der Waals surface area contributed by atoms with E-state index in [4.69, 9.17) is 15.3 Å². The van der Waals surface area contributed by atoms with Crippen LogP contribution in [0.5, 0.6) is 0 Å². The van der Waals surface area contributed by atoms with Crippen molar-refractivity contribution >= 4 is 23.1 Å². The lowest BCUT2D eigenvalue weighted by molar-refractivity contribution is -0.272. The van der Waals surface area contributed by atoms with Crippen LogP contribution in [-0.4, -0.2) is 22.2 Å². The second-order valence-corrected chi connectivity index (χ2v) is 4.54. The molecular weight excluding hydrogens is 282 g/mol. The summed E-state index contributed by atoms with van der Waals surface area (Å²) in [6.45, 7) is 0.123. The molecule has 0 amide bonds. The van der Waals surface area contributed by atoms with Crippen molar-refractivity contribution in [3.05, 3.63) is 71.3 Å². The molecule has 0 aliphatic carbocycles. The Kier molecular flexibility index (Phi) is 3.87. The average molecular weight is 293 g/mol. The highest BCUT2D eigenvalue weighted by molar-refractivity contribution is 6.69. The molecule has 6 heteroatoms. The molecule has 1 aliphatic rings. The molecule has 0 bridgehead atoms. The number of para-hydroxylation sites is 1. The predicted molar refractivity (Wildman–Crippen MR) is 78.6 cm³/mol. The van der Waals surface area contributed by atoms with Crippen LogP contribution in [0.25, 0.3) is 5.53 Å². The van der Waals surface area contributed by atoms with E-state index >= 15 is 0 Å². The SMILES string of the molecule is [N-]=[N+]=C1C(C(=O)OOCc2ccccc2)=Nc2ccccc21. The minimum Gasteiger partial charge on any atom is -0.361 e. The Morgan fingerprint density at radius 2 is 1.82 bits per heavy atom. The summed E-state index contributed by atoms with van der Waals surface area (Å²) in [5.41, 5.74) is 11.1. The van der Waals surface area contributed by atoms with Crippen LogP contribution < -0.4 is 0 Å². The topological polar surface area (TPSA) is 84.3 Å². The van der Waals surface area contributed by atoms with Gasteiger partial charge in [0.25, 0.3) is 0 Å². The van der Waals surface area contributed by atoms with Crippen molar-refractivity contribution in [1.29, 1.82) is 0 Å². The number of benzene rings is 2. The standard InChI is InChI=1S/C16H11N3O3/c17-19-14-12-8-4-5-9-13(12)18-15(14)16(20)22-21-10-11-6-2-1-3-7-11/h1-9H,10H2. The molecule has 0 fully saturated rings. The number of hydrogen-bond acceptors (Lipinski definition) is 4. The van der Waals surface area contributed by atoms with Gasteiger partial charge in [-0.25, -0.2) is 9.79 Å². The summed E-state index contributed by atoms with van der Waals surface area (Å²) >= 11 is 0. The molecule has 0 radical (unpaired) electrons. The highest BCUT2D eigenvalue weighted by Gasteiger charge is 2.36. The highest BCUT2D eigenvalue weighted by Crippen LogP contribution is 2.26. The molecule has 3 rings (SSSR count). The van der Waals surface area contributed by atoms with Crippen molar-refractivity contribution in [1.82, 2.24) is 0 Å². The molecule has 0 spiro atoms. The molecular formula is C16H11N3O3. The molecule has 108 valence electrons. The predicted octanol–water partition coefficient (Wildman–Crippen LogP) is 2.47. The Balaban J connectivity index is 1.67. The summed E-state index contributed by atoms with van der Waals surface area (Å²) < 4.78 is 0. The average Bonchev–Trinajstić information content (AvgIpc) is 2.94. The number of nitrogens with zero attached hydrogens (tertiary/aromatic N) is 3. The van der Waals surface area contributed by atoms with Gasteiger partial charge in [0.05, 0.1) is 11.3 Å². The molecule has 1 aliphatic heterocycles. The van der Waals surface area contributed by atoms with Gasteiger partial charge in [0.2, 0.25) is 5.71 Å². The molecule has 0 aromatic heterocycles. The smallest absolute Gasteiger partial charge is 0.361 e. The fraction of sp³-hybridized carbons (Fsp3) is 0.0625. The summed E-state index contributed by atoms with van der Waals surface area (Å²) in [7, 11) is 0. The van der Waals surface area contributed by atoms with Gasteiger partial charge in [0.1, 0.15) is 6.61 Å². The first-order valence-corrected chi connectivity index (χ1v) is 6.58. The molecule has 2 aromatic carbocycles. The fourth-order valence-corrected chi connectivity index (χ4v) is 2.08. The zero-order chi connectivity index (χ0) is 15.4. The van der Waals surface area contributed by atoms with E-state index in [1.807, 2.05) is 30.3 Å². The first-order valence-electron chi connectivity index (χ1n) is 6.58. The number of hydrogen-bond donors (Lipinski definition) is 0. The van der Waals surface area contributed by atoms with E-state index in [0.29, 0.717) is 11.3 Å². The Morgan fingerprint density at radius 3 is 2.59 bits per heavy atom. The van der Waals surface area contributed by atoms with E-state index in [9.17, 15) is 4.79 Å². The van der Waals surface area contributed by atoms with Gasteiger partial charge in [-0.2, -0.15) is 9.68 Å². The second kappa shape index (κ2) is 6.13. The monoisotopic (exact) mass is 293 g/mol. The lowest BCUT2D eigenvalue weighted by Gasteiger charge is -2.02. The Morgan fingerprint density at radius 1 is 1.09 bits per heavy atom. The molecule has 0 saturated carbocycles. The summed E-state index contributed by atoms with van der Waals surface area (Å²) in [5, 5.41) is 0. The van der Waals surface area contributed by atoms with E-state index in [1.165, 1.54) is 0 Å². The van der Waals surface area contributed by atoms with Gasteiger partial charge in [0, 0.05) is 0 Å². The van der Waals surface area contributed by atoms with Crippen LogP contribution in [-0.2, 0) is 21.2 Å². The van der Waals surface area contributed by atoms with Gasteiger partial charge in [-0.15, -0.1) is 0 Å². The van der Waals surface area contributed by atoms with Crippen molar-refractivity contribution in [2.75, 3.05) is 0 Å². The van der Waals surface area contributed by atoms with Crippen LogP contribution in [0.3, 0.4) is 0 Å². The van der Waals surface area contributed by atoms with Crippen LogP contribution in [0, 0.1) is 0 Å². The lowest BCUT2D eigenvalue weighted by atomic mass is 10.1. The number of aliphatic imine (C=N–C) groups is 1. The first-order chi connectivity index (χ1) is 10.8. The first kappa shape index (κ1) is 13.9. The van der Waals surface area contributed by atoms with Crippen LogP contribution in [0.15, 0.2) is 59.6 Å². The van der Waals surface area contributed by atoms with Gasteiger partial charge in [-0.1, -0.05) is 42.5 Å². The molecule has 0 atom stereocenters. The minimum absolute atomic E-state index is 0.0731. The summed E-state index contributed by atoms with van der Waals surface area (Å²) in [6.07, 6.45) is 0. The van der Waals surface area contributed by atoms with Gasteiger partial charge >= 0.3 is 11.7 Å². The normalized spacial score (nSPS) is 12.4. The Bertz CT molecular complexity index is 793. The molecule has 0 saturated heterocycles. The third kappa shape index (κ3) is 2.69. The maximum Gasteiger partial charge on any atom is 0.399 e. The Hall–Kier alpha value is -3.08. The highest BCUT2D eigenvalue weighted by atomic mass is 17.2. The van der Waals surface area contributed by atoms with Crippen molar-refractivity contribution in [3.8, 4) is 0 Å².